The second kappa shape index (κ2) is 5.99. The first-order valence-corrected chi connectivity index (χ1v) is 6.38. The minimum absolute atomic E-state index is 0.187. The molecule has 0 aromatic heterocycles. The normalized spacial score (nSPS) is 11.2. The first kappa shape index (κ1) is 15.1. The fourth-order valence-corrected chi connectivity index (χ4v) is 2.03. The Hall–Kier alpha value is -2.30. The summed E-state index contributed by atoms with van der Waals surface area (Å²) in [5.41, 5.74) is 0.578. The lowest BCUT2D eigenvalue weighted by atomic mass is 10.1. The Morgan fingerprint density at radius 1 is 1.10 bits per heavy atom. The van der Waals surface area contributed by atoms with Crippen LogP contribution in [0.4, 0.5) is 13.2 Å². The van der Waals surface area contributed by atoms with Crippen LogP contribution in [0.25, 0.3) is 0 Å². The third-order valence-corrected chi connectivity index (χ3v) is 3.01. The highest BCUT2D eigenvalue weighted by molar-refractivity contribution is 5.95. The van der Waals surface area contributed by atoms with Gasteiger partial charge >= 0.3 is 6.18 Å². The lowest BCUT2D eigenvalue weighted by Gasteiger charge is -2.12. The Balaban J connectivity index is 2.14. The summed E-state index contributed by atoms with van der Waals surface area (Å²) in [4.78, 5) is 12.0. The van der Waals surface area contributed by atoms with E-state index in [0.29, 0.717) is 0 Å². The third-order valence-electron chi connectivity index (χ3n) is 3.01. The molecule has 2 nitrogen and oxygen atoms in total. The van der Waals surface area contributed by atoms with E-state index in [1.165, 1.54) is 18.2 Å². The topological polar surface area (TPSA) is 29.1 Å². The van der Waals surface area contributed by atoms with Gasteiger partial charge in [0, 0.05) is 6.54 Å². The van der Waals surface area contributed by atoms with E-state index in [0.717, 1.165) is 17.2 Å². The minimum atomic E-state index is -4.54. The van der Waals surface area contributed by atoms with E-state index < -0.39 is 17.6 Å². The molecule has 5 heteroatoms. The van der Waals surface area contributed by atoms with Gasteiger partial charge in [0.25, 0.3) is 5.91 Å². The van der Waals surface area contributed by atoms with E-state index in [1.807, 2.05) is 31.2 Å². The summed E-state index contributed by atoms with van der Waals surface area (Å²) in [6, 6.07) is 12.2. The number of nitrogens with one attached hydrogen (secondary N) is 1. The molecular formula is C16H14F3NO. The van der Waals surface area contributed by atoms with Crippen molar-refractivity contribution in [2.45, 2.75) is 19.6 Å². The first-order chi connectivity index (χ1) is 9.88. The summed E-state index contributed by atoms with van der Waals surface area (Å²) in [5.74, 6) is -0.732. The Morgan fingerprint density at radius 3 is 2.48 bits per heavy atom. The van der Waals surface area contributed by atoms with Gasteiger partial charge in [-0.3, -0.25) is 4.79 Å². The summed E-state index contributed by atoms with van der Waals surface area (Å²) in [7, 11) is 0. The molecule has 0 saturated heterocycles. The molecule has 0 radical (unpaired) electrons. The lowest BCUT2D eigenvalue weighted by Crippen LogP contribution is -2.25. The van der Waals surface area contributed by atoms with E-state index >= 15 is 0 Å². The van der Waals surface area contributed by atoms with Gasteiger partial charge in [-0.2, -0.15) is 13.2 Å². The monoisotopic (exact) mass is 293 g/mol. The van der Waals surface area contributed by atoms with Crippen molar-refractivity contribution in [1.29, 1.82) is 0 Å². The maximum atomic E-state index is 12.8. The highest BCUT2D eigenvalue weighted by atomic mass is 19.4. The Kier molecular flexibility index (Phi) is 4.31. The van der Waals surface area contributed by atoms with Crippen LogP contribution in [0.2, 0.25) is 0 Å². The van der Waals surface area contributed by atoms with Gasteiger partial charge in [-0.15, -0.1) is 0 Å². The SMILES string of the molecule is Cc1cccc(CNC(=O)c2ccccc2C(F)(F)F)c1. The number of carbonyl (C=O) groups is 1. The van der Waals surface area contributed by atoms with Gasteiger partial charge in [-0.1, -0.05) is 42.0 Å². The Labute approximate surface area is 120 Å². The second-order valence-corrected chi connectivity index (χ2v) is 4.72. The highest BCUT2D eigenvalue weighted by Gasteiger charge is 2.34. The van der Waals surface area contributed by atoms with Crippen LogP contribution in [-0.2, 0) is 12.7 Å². The highest BCUT2D eigenvalue weighted by Crippen LogP contribution is 2.31. The van der Waals surface area contributed by atoms with Crippen molar-refractivity contribution in [3.8, 4) is 0 Å². The Bertz CT molecular complexity index is 650. The quantitative estimate of drug-likeness (QED) is 0.912. The van der Waals surface area contributed by atoms with Crippen LogP contribution in [0, 0.1) is 6.92 Å². The number of rotatable bonds is 3. The zero-order chi connectivity index (χ0) is 15.5. The summed E-state index contributed by atoms with van der Waals surface area (Å²) in [6.45, 7) is 2.09. The maximum Gasteiger partial charge on any atom is 0.417 e. The number of hydrogen-bond donors (Lipinski definition) is 1. The Morgan fingerprint density at radius 2 is 1.81 bits per heavy atom. The third kappa shape index (κ3) is 3.84. The maximum absolute atomic E-state index is 12.8. The zero-order valence-electron chi connectivity index (χ0n) is 11.4. The molecule has 0 heterocycles. The molecule has 0 aliphatic heterocycles. The van der Waals surface area contributed by atoms with Gasteiger partial charge < -0.3 is 5.32 Å². The van der Waals surface area contributed by atoms with E-state index in [9.17, 15) is 18.0 Å². The van der Waals surface area contributed by atoms with Gasteiger partial charge in [0.05, 0.1) is 11.1 Å². The predicted octanol–water partition coefficient (Wildman–Crippen LogP) is 3.94. The van der Waals surface area contributed by atoms with E-state index in [2.05, 4.69) is 5.32 Å². The standard InChI is InChI=1S/C16H14F3NO/c1-11-5-4-6-12(9-11)10-20-15(21)13-7-2-3-8-14(13)16(17,18)19/h2-9H,10H2,1H3,(H,20,21). The summed E-state index contributed by atoms with van der Waals surface area (Å²) >= 11 is 0. The molecule has 0 aliphatic rings. The average Bonchev–Trinajstić information content (AvgIpc) is 2.44. The minimum Gasteiger partial charge on any atom is -0.348 e. The summed E-state index contributed by atoms with van der Waals surface area (Å²) in [6.07, 6.45) is -4.54. The van der Waals surface area contributed by atoms with Gasteiger partial charge in [0.15, 0.2) is 0 Å². The molecule has 0 spiro atoms. The van der Waals surface area contributed by atoms with Gasteiger partial charge in [-0.05, 0) is 24.6 Å². The van der Waals surface area contributed by atoms with Crippen molar-refractivity contribution in [3.63, 3.8) is 0 Å². The molecule has 1 N–H and O–H groups in total. The smallest absolute Gasteiger partial charge is 0.348 e. The van der Waals surface area contributed by atoms with Crippen LogP contribution < -0.4 is 5.32 Å². The molecule has 2 aromatic rings. The van der Waals surface area contributed by atoms with Crippen molar-refractivity contribution < 1.29 is 18.0 Å². The molecule has 0 unspecified atom stereocenters. The van der Waals surface area contributed by atoms with Crippen molar-refractivity contribution in [3.05, 3.63) is 70.8 Å². The van der Waals surface area contributed by atoms with Crippen molar-refractivity contribution in [2.75, 3.05) is 0 Å². The summed E-state index contributed by atoms with van der Waals surface area (Å²) < 4.78 is 38.5. The number of alkyl halides is 3. The van der Waals surface area contributed by atoms with Crippen LogP contribution in [-0.4, -0.2) is 5.91 Å². The predicted molar refractivity (Wildman–Crippen MR) is 73.8 cm³/mol. The van der Waals surface area contributed by atoms with Gasteiger partial charge in [0.1, 0.15) is 0 Å². The number of amides is 1. The molecule has 0 saturated carbocycles. The van der Waals surface area contributed by atoms with Crippen molar-refractivity contribution >= 4 is 5.91 Å². The van der Waals surface area contributed by atoms with Crippen molar-refractivity contribution in [2.24, 2.45) is 0 Å². The molecule has 1 amide bonds. The largest absolute Gasteiger partial charge is 0.417 e. The first-order valence-electron chi connectivity index (χ1n) is 6.38. The molecule has 0 fully saturated rings. The molecular weight excluding hydrogens is 279 g/mol. The number of hydrogen-bond acceptors (Lipinski definition) is 1. The fraction of sp³-hybridized carbons (Fsp3) is 0.188. The van der Waals surface area contributed by atoms with E-state index in [1.54, 1.807) is 0 Å². The number of carbonyl (C=O) groups excluding carboxylic acids is 1. The van der Waals surface area contributed by atoms with Gasteiger partial charge in [-0.25, -0.2) is 0 Å². The van der Waals surface area contributed by atoms with Gasteiger partial charge in [0.2, 0.25) is 0 Å². The van der Waals surface area contributed by atoms with Crippen LogP contribution in [0.1, 0.15) is 27.0 Å². The van der Waals surface area contributed by atoms with E-state index in [-0.39, 0.29) is 12.1 Å². The molecule has 0 aliphatic carbocycles. The molecule has 21 heavy (non-hydrogen) atoms. The molecule has 2 aromatic carbocycles. The van der Waals surface area contributed by atoms with Crippen molar-refractivity contribution in [1.82, 2.24) is 5.32 Å². The summed E-state index contributed by atoms with van der Waals surface area (Å²) in [5, 5.41) is 2.52. The van der Waals surface area contributed by atoms with Crippen LogP contribution in [0.5, 0.6) is 0 Å². The van der Waals surface area contributed by atoms with Crippen LogP contribution in [0.15, 0.2) is 48.5 Å². The lowest BCUT2D eigenvalue weighted by molar-refractivity contribution is -0.137. The van der Waals surface area contributed by atoms with Crippen LogP contribution >= 0.6 is 0 Å². The molecule has 0 atom stereocenters. The second-order valence-electron chi connectivity index (χ2n) is 4.72. The molecule has 2 rings (SSSR count). The fourth-order valence-electron chi connectivity index (χ4n) is 2.03. The van der Waals surface area contributed by atoms with E-state index in [4.69, 9.17) is 0 Å². The molecule has 0 bridgehead atoms. The average molecular weight is 293 g/mol. The zero-order valence-corrected chi connectivity index (χ0v) is 11.4. The number of aryl methyl sites for hydroxylation is 1. The van der Waals surface area contributed by atoms with Crippen LogP contribution in [0.3, 0.4) is 0 Å². The molecule has 110 valence electrons. The number of benzene rings is 2. The number of halogens is 3.